The van der Waals surface area contributed by atoms with Crippen LogP contribution in [-0.2, 0) is 0 Å². The fraction of sp³-hybridized carbons (Fsp3) is 0.350. The Labute approximate surface area is 134 Å². The van der Waals surface area contributed by atoms with Crippen LogP contribution >= 0.6 is 0 Å². The Balaban J connectivity index is 1.93. The van der Waals surface area contributed by atoms with E-state index in [1.807, 2.05) is 6.21 Å². The van der Waals surface area contributed by atoms with Crippen molar-refractivity contribution in [2.75, 3.05) is 26.2 Å². The first-order valence-electron chi connectivity index (χ1n) is 8.12. The van der Waals surface area contributed by atoms with Crippen molar-refractivity contribution >= 4 is 6.21 Å². The lowest BCUT2D eigenvalue weighted by molar-refractivity contribution is 0.313. The molecule has 0 radical (unpaired) electrons. The zero-order chi connectivity index (χ0) is 15.8. The van der Waals surface area contributed by atoms with E-state index in [1.54, 1.807) is 0 Å². The summed E-state index contributed by atoms with van der Waals surface area (Å²) >= 11 is 0. The molecule has 0 fully saturated rings. The van der Waals surface area contributed by atoms with E-state index in [0.29, 0.717) is 0 Å². The largest absolute Gasteiger partial charge is 0.302 e. The van der Waals surface area contributed by atoms with Crippen molar-refractivity contribution in [2.45, 2.75) is 20.8 Å². The second kappa shape index (κ2) is 8.50. The van der Waals surface area contributed by atoms with Crippen LogP contribution < -0.4 is 0 Å². The number of benzene rings is 2. The third kappa shape index (κ3) is 4.81. The maximum absolute atomic E-state index is 4.52. The first-order chi connectivity index (χ1) is 10.7. The quantitative estimate of drug-likeness (QED) is 0.690. The van der Waals surface area contributed by atoms with Crippen molar-refractivity contribution in [3.05, 3.63) is 59.7 Å². The van der Waals surface area contributed by atoms with E-state index in [4.69, 9.17) is 0 Å². The molecule has 0 saturated carbocycles. The Morgan fingerprint density at radius 3 is 1.95 bits per heavy atom. The molecule has 0 aromatic heterocycles. The third-order valence-corrected chi connectivity index (χ3v) is 3.98. The summed E-state index contributed by atoms with van der Waals surface area (Å²) in [5.74, 6) is 0. The normalized spacial score (nSPS) is 11.5. The Hall–Kier alpha value is -1.93. The molecule has 0 saturated heterocycles. The standard InChI is InChI=1S/C20H26N2/c1-4-22(5-2)15-14-21-16-18-8-12-20(13-9-18)19-10-6-17(3)7-11-19/h6-13,16H,4-5,14-15H2,1-3H3. The molecule has 0 spiro atoms. The topological polar surface area (TPSA) is 15.6 Å². The van der Waals surface area contributed by atoms with Crippen LogP contribution in [0, 0.1) is 6.92 Å². The summed E-state index contributed by atoms with van der Waals surface area (Å²) in [4.78, 5) is 6.91. The first kappa shape index (κ1) is 16.4. The summed E-state index contributed by atoms with van der Waals surface area (Å²) < 4.78 is 0. The highest BCUT2D eigenvalue weighted by Crippen LogP contribution is 2.19. The van der Waals surface area contributed by atoms with Crippen LogP contribution in [0.4, 0.5) is 0 Å². The second-order valence-corrected chi connectivity index (χ2v) is 5.55. The number of aryl methyl sites for hydroxylation is 1. The van der Waals surface area contributed by atoms with Gasteiger partial charge >= 0.3 is 0 Å². The van der Waals surface area contributed by atoms with Gasteiger partial charge in [0.15, 0.2) is 0 Å². The molecule has 0 aliphatic rings. The van der Waals surface area contributed by atoms with Crippen LogP contribution in [0.3, 0.4) is 0 Å². The average Bonchev–Trinajstić information content (AvgIpc) is 2.56. The minimum absolute atomic E-state index is 0.862. The molecule has 0 heterocycles. The number of nitrogens with zero attached hydrogens (tertiary/aromatic N) is 2. The predicted octanol–water partition coefficient (Wildman–Crippen LogP) is 4.42. The predicted molar refractivity (Wildman–Crippen MR) is 96.9 cm³/mol. The summed E-state index contributed by atoms with van der Waals surface area (Å²) in [6.45, 7) is 10.6. The lowest BCUT2D eigenvalue weighted by Gasteiger charge is -2.15. The zero-order valence-electron chi connectivity index (χ0n) is 13.9. The Morgan fingerprint density at radius 1 is 0.864 bits per heavy atom. The average molecular weight is 294 g/mol. The van der Waals surface area contributed by atoms with Gasteiger partial charge in [0, 0.05) is 12.8 Å². The SMILES string of the molecule is CCN(CC)CCN=Cc1ccc(-c2ccc(C)cc2)cc1. The molecule has 0 N–H and O–H groups in total. The fourth-order valence-electron chi connectivity index (χ4n) is 2.42. The number of likely N-dealkylation sites (N-methyl/N-ethyl adjacent to an activating group) is 1. The molecule has 2 rings (SSSR count). The maximum atomic E-state index is 4.52. The van der Waals surface area contributed by atoms with Gasteiger partial charge in [0.25, 0.3) is 0 Å². The van der Waals surface area contributed by atoms with E-state index in [0.717, 1.165) is 31.7 Å². The van der Waals surface area contributed by atoms with Crippen molar-refractivity contribution in [3.8, 4) is 11.1 Å². The van der Waals surface area contributed by atoms with Gasteiger partial charge in [0.05, 0.1) is 6.54 Å². The minimum atomic E-state index is 0.862. The van der Waals surface area contributed by atoms with Gasteiger partial charge in [-0.1, -0.05) is 67.9 Å². The van der Waals surface area contributed by atoms with Gasteiger partial charge in [0.1, 0.15) is 0 Å². The van der Waals surface area contributed by atoms with Gasteiger partial charge in [0.2, 0.25) is 0 Å². The molecule has 0 aliphatic heterocycles. The van der Waals surface area contributed by atoms with Gasteiger partial charge < -0.3 is 4.90 Å². The molecule has 0 aliphatic carbocycles. The molecule has 2 heteroatoms. The Bertz CT molecular complexity index is 578. The number of rotatable bonds is 7. The van der Waals surface area contributed by atoms with Gasteiger partial charge in [-0.2, -0.15) is 0 Å². The van der Waals surface area contributed by atoms with E-state index in [-0.39, 0.29) is 0 Å². The summed E-state index contributed by atoms with van der Waals surface area (Å²) in [6.07, 6.45) is 1.97. The monoisotopic (exact) mass is 294 g/mol. The first-order valence-corrected chi connectivity index (χ1v) is 8.12. The van der Waals surface area contributed by atoms with E-state index in [9.17, 15) is 0 Å². The number of hydrogen-bond donors (Lipinski definition) is 0. The second-order valence-electron chi connectivity index (χ2n) is 5.55. The van der Waals surface area contributed by atoms with Crippen molar-refractivity contribution in [1.29, 1.82) is 0 Å². The summed E-state index contributed by atoms with van der Waals surface area (Å²) in [7, 11) is 0. The highest BCUT2D eigenvalue weighted by Gasteiger charge is 1.98. The highest BCUT2D eigenvalue weighted by molar-refractivity contribution is 5.81. The van der Waals surface area contributed by atoms with Crippen LogP contribution in [0.1, 0.15) is 25.0 Å². The van der Waals surface area contributed by atoms with E-state index >= 15 is 0 Å². The summed E-state index contributed by atoms with van der Waals surface area (Å²) in [5, 5.41) is 0. The smallest absolute Gasteiger partial charge is 0.0517 e. The van der Waals surface area contributed by atoms with Gasteiger partial charge in [-0.15, -0.1) is 0 Å². The minimum Gasteiger partial charge on any atom is -0.302 e. The fourth-order valence-corrected chi connectivity index (χ4v) is 2.42. The molecule has 2 aromatic rings. The van der Waals surface area contributed by atoms with Crippen molar-refractivity contribution in [2.24, 2.45) is 4.99 Å². The molecule has 0 atom stereocenters. The number of aliphatic imine (C=N–C) groups is 1. The summed E-state index contributed by atoms with van der Waals surface area (Å²) in [6, 6.07) is 17.2. The lowest BCUT2D eigenvalue weighted by atomic mass is 10.0. The van der Waals surface area contributed by atoms with E-state index in [2.05, 4.69) is 79.2 Å². The molecular weight excluding hydrogens is 268 g/mol. The van der Waals surface area contributed by atoms with Crippen LogP contribution in [0.5, 0.6) is 0 Å². The lowest BCUT2D eigenvalue weighted by Crippen LogP contribution is -2.25. The van der Waals surface area contributed by atoms with Crippen LogP contribution in [-0.4, -0.2) is 37.3 Å². The van der Waals surface area contributed by atoms with Crippen molar-refractivity contribution in [3.63, 3.8) is 0 Å². The van der Waals surface area contributed by atoms with E-state index in [1.165, 1.54) is 16.7 Å². The van der Waals surface area contributed by atoms with Crippen LogP contribution in [0.15, 0.2) is 53.5 Å². The molecule has 22 heavy (non-hydrogen) atoms. The van der Waals surface area contributed by atoms with Gasteiger partial charge in [-0.05, 0) is 36.7 Å². The third-order valence-electron chi connectivity index (χ3n) is 3.98. The van der Waals surface area contributed by atoms with Crippen molar-refractivity contribution in [1.82, 2.24) is 4.90 Å². The van der Waals surface area contributed by atoms with Gasteiger partial charge in [-0.3, -0.25) is 4.99 Å². The molecule has 2 aromatic carbocycles. The Morgan fingerprint density at radius 2 is 1.41 bits per heavy atom. The molecule has 0 unspecified atom stereocenters. The van der Waals surface area contributed by atoms with Crippen LogP contribution in [0.2, 0.25) is 0 Å². The molecule has 116 valence electrons. The highest BCUT2D eigenvalue weighted by atomic mass is 15.1. The Kier molecular flexibility index (Phi) is 6.35. The summed E-state index contributed by atoms with van der Waals surface area (Å²) in [5.41, 5.74) is 4.96. The zero-order valence-corrected chi connectivity index (χ0v) is 13.9. The number of hydrogen-bond acceptors (Lipinski definition) is 2. The van der Waals surface area contributed by atoms with Gasteiger partial charge in [-0.25, -0.2) is 0 Å². The molecule has 2 nitrogen and oxygen atoms in total. The maximum Gasteiger partial charge on any atom is 0.0517 e. The van der Waals surface area contributed by atoms with Crippen LogP contribution in [0.25, 0.3) is 11.1 Å². The molecular formula is C20H26N2. The van der Waals surface area contributed by atoms with Crippen molar-refractivity contribution < 1.29 is 0 Å². The van der Waals surface area contributed by atoms with E-state index < -0.39 is 0 Å². The molecule has 0 amide bonds. The molecule has 0 bridgehead atoms.